The zero-order valence-corrected chi connectivity index (χ0v) is 17.2. The van der Waals surface area contributed by atoms with E-state index in [1.54, 1.807) is 24.4 Å². The Bertz CT molecular complexity index is 1100. The molecular formula is C22H19ClFN5O2. The number of nitrogens with zero attached hydrogens (tertiary/aromatic N) is 3. The molecule has 2 aromatic heterocycles. The highest BCUT2D eigenvalue weighted by Crippen LogP contribution is 2.49. The van der Waals surface area contributed by atoms with Crippen LogP contribution in [0.2, 0.25) is 5.02 Å². The summed E-state index contributed by atoms with van der Waals surface area (Å²) in [6.07, 6.45) is 7.37. The van der Waals surface area contributed by atoms with E-state index in [4.69, 9.17) is 11.6 Å². The number of nitrogens with one attached hydrogen (secondary N) is 2. The van der Waals surface area contributed by atoms with E-state index in [0.717, 1.165) is 0 Å². The maximum absolute atomic E-state index is 13.2. The Balaban J connectivity index is 1.31. The van der Waals surface area contributed by atoms with Crippen LogP contribution >= 0.6 is 11.6 Å². The number of Topliss-reactive ketones (excluding diaryl/α,β-unsaturated/α-hetero) is 1. The maximum Gasteiger partial charge on any atom is 0.226 e. The van der Waals surface area contributed by atoms with E-state index in [-0.39, 0.29) is 29.7 Å². The van der Waals surface area contributed by atoms with Crippen LogP contribution in [0.3, 0.4) is 0 Å². The van der Waals surface area contributed by atoms with Gasteiger partial charge in [0.1, 0.15) is 12.1 Å². The maximum atomic E-state index is 13.2. The molecule has 0 atom stereocenters. The zero-order valence-electron chi connectivity index (χ0n) is 16.4. The molecule has 0 radical (unpaired) electrons. The average molecular weight is 440 g/mol. The summed E-state index contributed by atoms with van der Waals surface area (Å²) in [4.78, 5) is 37.1. The monoisotopic (exact) mass is 439 g/mol. The van der Waals surface area contributed by atoms with Gasteiger partial charge in [-0.05, 0) is 43.2 Å². The van der Waals surface area contributed by atoms with Gasteiger partial charge in [0.2, 0.25) is 5.91 Å². The number of hydrogen-bond acceptors (Lipinski definition) is 6. The summed E-state index contributed by atoms with van der Waals surface area (Å²) < 4.78 is 13.2. The molecule has 3 aromatic rings. The minimum absolute atomic E-state index is 0.138. The number of carbonyl (C=O) groups is 2. The van der Waals surface area contributed by atoms with Crippen molar-refractivity contribution in [3.8, 4) is 0 Å². The Kier molecular flexibility index (Phi) is 5.90. The van der Waals surface area contributed by atoms with Crippen molar-refractivity contribution in [2.45, 2.75) is 25.8 Å². The van der Waals surface area contributed by atoms with Gasteiger partial charge in [0.05, 0.1) is 45.8 Å². The fraction of sp³-hybridized carbons (Fsp3) is 0.227. The van der Waals surface area contributed by atoms with Crippen LogP contribution in [0.4, 0.5) is 15.8 Å². The molecular weight excluding hydrogens is 421 g/mol. The van der Waals surface area contributed by atoms with Crippen LogP contribution in [0.15, 0.2) is 55.2 Å². The molecule has 0 spiro atoms. The molecule has 1 saturated carbocycles. The van der Waals surface area contributed by atoms with E-state index in [2.05, 4.69) is 25.6 Å². The summed E-state index contributed by atoms with van der Waals surface area (Å²) in [5.74, 6) is -0.701. The number of aromatic nitrogens is 3. The highest BCUT2D eigenvalue weighted by Gasteiger charge is 2.51. The second-order valence-electron chi connectivity index (χ2n) is 7.48. The Morgan fingerprint density at radius 1 is 1.10 bits per heavy atom. The largest absolute Gasteiger partial charge is 0.353 e. The van der Waals surface area contributed by atoms with Crippen LogP contribution in [0.5, 0.6) is 0 Å². The van der Waals surface area contributed by atoms with Crippen LogP contribution in [0, 0.1) is 11.2 Å². The van der Waals surface area contributed by atoms with Crippen molar-refractivity contribution in [3.05, 3.63) is 77.3 Å². The second kappa shape index (κ2) is 8.77. The second-order valence-corrected chi connectivity index (χ2v) is 7.88. The molecule has 2 heterocycles. The van der Waals surface area contributed by atoms with Gasteiger partial charge in [-0.3, -0.25) is 14.6 Å². The molecule has 0 saturated heterocycles. The van der Waals surface area contributed by atoms with E-state index >= 15 is 0 Å². The first kappa shape index (κ1) is 20.9. The lowest BCUT2D eigenvalue weighted by molar-refractivity contribution is -0.126. The number of rotatable bonds is 8. The molecule has 1 aromatic carbocycles. The van der Waals surface area contributed by atoms with Crippen LogP contribution in [-0.4, -0.2) is 26.6 Å². The summed E-state index contributed by atoms with van der Waals surface area (Å²) in [5.41, 5.74) is 1.66. The Labute approximate surface area is 183 Å². The third kappa shape index (κ3) is 5.03. The zero-order chi connectivity index (χ0) is 21.8. The molecule has 1 aliphatic carbocycles. The lowest BCUT2D eigenvalue weighted by Crippen LogP contribution is -2.33. The highest BCUT2D eigenvalue weighted by molar-refractivity contribution is 6.33. The lowest BCUT2D eigenvalue weighted by atomic mass is 9.96. The molecule has 7 nitrogen and oxygen atoms in total. The SMILES string of the molecule is O=C(CC1(C(=O)NCc2ccc(Nc3ccc(F)cc3Cl)cn2)CC1)c1cncnc1. The number of carbonyl (C=O) groups excluding carboxylic acids is 2. The smallest absolute Gasteiger partial charge is 0.226 e. The molecule has 2 N–H and O–H groups in total. The average Bonchev–Trinajstić information content (AvgIpc) is 3.56. The standard InChI is InChI=1S/C22H19ClFN5O2/c23-18-7-15(24)1-4-19(18)29-17-3-2-16(27-12-17)11-28-21(31)22(5-6-22)8-20(30)14-9-25-13-26-10-14/h1-4,7,9-10,12-13,29H,5-6,8,11H2,(H,28,31). The number of anilines is 2. The third-order valence-corrected chi connectivity index (χ3v) is 5.49. The quantitative estimate of drug-likeness (QED) is 0.513. The molecule has 4 rings (SSSR count). The first-order valence-electron chi connectivity index (χ1n) is 9.69. The number of benzene rings is 1. The van der Waals surface area contributed by atoms with Crippen LogP contribution in [-0.2, 0) is 11.3 Å². The van der Waals surface area contributed by atoms with Crippen LogP contribution in [0.1, 0.15) is 35.3 Å². The molecule has 0 bridgehead atoms. The first-order chi connectivity index (χ1) is 14.9. The van der Waals surface area contributed by atoms with Crippen molar-refractivity contribution in [2.75, 3.05) is 5.32 Å². The van der Waals surface area contributed by atoms with Gasteiger partial charge in [0.15, 0.2) is 5.78 Å². The summed E-state index contributed by atoms with van der Waals surface area (Å²) in [6.45, 7) is 0.251. The Morgan fingerprint density at radius 3 is 2.52 bits per heavy atom. The van der Waals surface area contributed by atoms with Gasteiger partial charge >= 0.3 is 0 Å². The molecule has 1 fully saturated rings. The van der Waals surface area contributed by atoms with E-state index in [0.29, 0.717) is 35.5 Å². The number of pyridine rings is 1. The van der Waals surface area contributed by atoms with Crippen molar-refractivity contribution in [2.24, 2.45) is 5.41 Å². The topological polar surface area (TPSA) is 96.9 Å². The molecule has 9 heteroatoms. The summed E-state index contributed by atoms with van der Waals surface area (Å²) in [6, 6.07) is 7.65. The highest BCUT2D eigenvalue weighted by atomic mass is 35.5. The van der Waals surface area contributed by atoms with Gasteiger partial charge in [0, 0.05) is 18.8 Å². The van der Waals surface area contributed by atoms with Crippen LogP contribution in [0.25, 0.3) is 0 Å². The molecule has 0 aliphatic heterocycles. The fourth-order valence-electron chi connectivity index (χ4n) is 3.20. The summed E-state index contributed by atoms with van der Waals surface area (Å²) in [5, 5.41) is 6.21. The normalized spacial score (nSPS) is 14.0. The molecule has 1 aliphatic rings. The summed E-state index contributed by atoms with van der Waals surface area (Å²) in [7, 11) is 0. The van der Waals surface area contributed by atoms with Crippen LogP contribution < -0.4 is 10.6 Å². The van der Waals surface area contributed by atoms with Crippen molar-refractivity contribution in [1.82, 2.24) is 20.3 Å². The predicted molar refractivity (Wildman–Crippen MR) is 113 cm³/mol. The number of ketones is 1. The minimum Gasteiger partial charge on any atom is -0.353 e. The Hall–Kier alpha value is -3.39. The third-order valence-electron chi connectivity index (χ3n) is 5.18. The van der Waals surface area contributed by atoms with Gasteiger partial charge < -0.3 is 10.6 Å². The van der Waals surface area contributed by atoms with Gasteiger partial charge in [-0.15, -0.1) is 0 Å². The number of hydrogen-bond donors (Lipinski definition) is 2. The van der Waals surface area contributed by atoms with Gasteiger partial charge in [-0.2, -0.15) is 0 Å². The van der Waals surface area contributed by atoms with E-state index in [9.17, 15) is 14.0 Å². The van der Waals surface area contributed by atoms with E-state index in [1.807, 2.05) is 0 Å². The molecule has 0 unspecified atom stereocenters. The van der Waals surface area contributed by atoms with Gasteiger partial charge in [-0.25, -0.2) is 14.4 Å². The van der Waals surface area contributed by atoms with Gasteiger partial charge in [0.25, 0.3) is 0 Å². The predicted octanol–water partition coefficient (Wildman–Crippen LogP) is 4.08. The van der Waals surface area contributed by atoms with E-state index < -0.39 is 11.2 Å². The first-order valence-corrected chi connectivity index (χ1v) is 10.1. The van der Waals surface area contributed by atoms with Crippen molar-refractivity contribution in [3.63, 3.8) is 0 Å². The van der Waals surface area contributed by atoms with Gasteiger partial charge in [-0.1, -0.05) is 11.6 Å². The van der Waals surface area contributed by atoms with E-state index in [1.165, 1.54) is 30.9 Å². The number of amides is 1. The van der Waals surface area contributed by atoms with Crippen molar-refractivity contribution >= 4 is 34.7 Å². The molecule has 158 valence electrons. The molecule has 1 amide bonds. The number of halogens is 2. The molecule has 31 heavy (non-hydrogen) atoms. The fourth-order valence-corrected chi connectivity index (χ4v) is 3.41. The lowest BCUT2D eigenvalue weighted by Gasteiger charge is -2.14. The minimum atomic E-state index is -0.659. The Morgan fingerprint density at radius 2 is 1.87 bits per heavy atom. The summed E-state index contributed by atoms with van der Waals surface area (Å²) >= 11 is 6.02. The van der Waals surface area contributed by atoms with Crippen molar-refractivity contribution < 1.29 is 14.0 Å². The van der Waals surface area contributed by atoms with Crippen molar-refractivity contribution in [1.29, 1.82) is 0 Å².